The first-order valence-electron chi connectivity index (χ1n) is 9.77. The third-order valence-electron chi connectivity index (χ3n) is 5.09. The number of halogens is 1. The number of carbonyl (C=O) groups excluding carboxylic acids is 1. The summed E-state index contributed by atoms with van der Waals surface area (Å²) in [6, 6.07) is 12.5. The molecule has 0 saturated heterocycles. The Kier molecular flexibility index (Phi) is 6.00. The summed E-state index contributed by atoms with van der Waals surface area (Å²) < 4.78 is 13.2. The fourth-order valence-electron chi connectivity index (χ4n) is 3.45. The van der Waals surface area contributed by atoms with Crippen molar-refractivity contribution in [1.82, 2.24) is 14.8 Å². The molecule has 164 valence electrons. The largest absolute Gasteiger partial charge is 0.493 e. The van der Waals surface area contributed by atoms with Gasteiger partial charge in [0, 0.05) is 15.4 Å². The number of aromatic amines is 1. The molecule has 32 heavy (non-hydrogen) atoms. The number of rotatable bonds is 6. The van der Waals surface area contributed by atoms with Crippen LogP contribution in [0.1, 0.15) is 21.6 Å². The number of hydrogen-bond acceptors (Lipinski definition) is 5. The highest BCUT2D eigenvalue weighted by Crippen LogP contribution is 2.28. The number of anilines is 1. The molecule has 4 rings (SSSR count). The monoisotopic (exact) mass is 496 g/mol. The SMILES string of the molecule is COc1ccc(Cn2ncc(C)c2NC(=O)c2cc3cc(Br)ccc3c(=O)[nH]2)cc1OC. The highest BCUT2D eigenvalue weighted by atomic mass is 79.9. The van der Waals surface area contributed by atoms with Crippen molar-refractivity contribution in [2.24, 2.45) is 0 Å². The van der Waals surface area contributed by atoms with E-state index in [1.54, 1.807) is 49.4 Å². The van der Waals surface area contributed by atoms with Crippen LogP contribution in [0, 0.1) is 6.92 Å². The van der Waals surface area contributed by atoms with Crippen molar-refractivity contribution >= 4 is 38.4 Å². The summed E-state index contributed by atoms with van der Waals surface area (Å²) in [6.07, 6.45) is 1.68. The van der Waals surface area contributed by atoms with Gasteiger partial charge in [-0.3, -0.25) is 9.59 Å². The lowest BCUT2D eigenvalue weighted by atomic mass is 10.1. The number of amides is 1. The molecule has 2 N–H and O–H groups in total. The second-order valence-electron chi connectivity index (χ2n) is 7.22. The predicted octanol–water partition coefficient (Wildman–Crippen LogP) is 4.11. The maximum atomic E-state index is 13.0. The van der Waals surface area contributed by atoms with Crippen LogP contribution < -0.4 is 20.3 Å². The lowest BCUT2D eigenvalue weighted by Gasteiger charge is -2.13. The van der Waals surface area contributed by atoms with E-state index in [9.17, 15) is 9.59 Å². The van der Waals surface area contributed by atoms with Crippen molar-refractivity contribution in [3.63, 3.8) is 0 Å². The molecule has 0 bridgehead atoms. The molecular formula is C23H21BrN4O4. The van der Waals surface area contributed by atoms with Gasteiger partial charge in [0.2, 0.25) is 0 Å². The highest BCUT2D eigenvalue weighted by Gasteiger charge is 2.16. The van der Waals surface area contributed by atoms with Crippen LogP contribution in [-0.4, -0.2) is 34.9 Å². The molecule has 0 aliphatic rings. The van der Waals surface area contributed by atoms with Gasteiger partial charge in [-0.1, -0.05) is 22.0 Å². The molecule has 1 amide bonds. The highest BCUT2D eigenvalue weighted by molar-refractivity contribution is 9.10. The van der Waals surface area contributed by atoms with Crippen molar-refractivity contribution in [1.29, 1.82) is 0 Å². The molecule has 0 atom stereocenters. The number of aromatic nitrogens is 3. The zero-order chi connectivity index (χ0) is 22.8. The molecule has 0 radical (unpaired) electrons. The maximum absolute atomic E-state index is 13.0. The van der Waals surface area contributed by atoms with Gasteiger partial charge in [0.15, 0.2) is 11.5 Å². The Morgan fingerprint density at radius 1 is 1.12 bits per heavy atom. The average molecular weight is 497 g/mol. The number of fused-ring (bicyclic) bond motifs is 1. The summed E-state index contributed by atoms with van der Waals surface area (Å²) in [5, 5.41) is 8.45. The first-order chi connectivity index (χ1) is 15.4. The number of pyridine rings is 1. The third kappa shape index (κ3) is 4.24. The third-order valence-corrected chi connectivity index (χ3v) is 5.58. The normalized spacial score (nSPS) is 10.9. The zero-order valence-corrected chi connectivity index (χ0v) is 19.3. The number of nitrogens with one attached hydrogen (secondary N) is 2. The van der Waals surface area contributed by atoms with Gasteiger partial charge >= 0.3 is 0 Å². The topological polar surface area (TPSA) is 98.2 Å². The molecule has 0 unspecified atom stereocenters. The fraction of sp³-hybridized carbons (Fsp3) is 0.174. The van der Waals surface area contributed by atoms with E-state index >= 15 is 0 Å². The van der Waals surface area contributed by atoms with Gasteiger partial charge in [0.1, 0.15) is 11.5 Å². The number of aryl methyl sites for hydroxylation is 1. The van der Waals surface area contributed by atoms with Gasteiger partial charge < -0.3 is 19.8 Å². The molecule has 2 aromatic heterocycles. The van der Waals surface area contributed by atoms with E-state index in [-0.39, 0.29) is 11.3 Å². The second kappa shape index (κ2) is 8.88. The summed E-state index contributed by atoms with van der Waals surface area (Å²) in [6.45, 7) is 2.26. The summed E-state index contributed by atoms with van der Waals surface area (Å²) in [7, 11) is 3.16. The van der Waals surface area contributed by atoms with Crippen LogP contribution >= 0.6 is 15.9 Å². The molecule has 4 aromatic rings. The van der Waals surface area contributed by atoms with Gasteiger partial charge in [-0.25, -0.2) is 4.68 Å². The minimum absolute atomic E-state index is 0.166. The first kappa shape index (κ1) is 21.6. The van der Waals surface area contributed by atoms with Crippen LogP contribution in [0.15, 0.2) is 57.9 Å². The van der Waals surface area contributed by atoms with Gasteiger partial charge in [-0.05, 0) is 54.3 Å². The Labute approximate surface area is 192 Å². The van der Waals surface area contributed by atoms with Crippen molar-refractivity contribution in [3.8, 4) is 11.5 Å². The van der Waals surface area contributed by atoms with Crippen LogP contribution in [-0.2, 0) is 6.54 Å². The molecule has 8 nitrogen and oxygen atoms in total. The number of nitrogens with zero attached hydrogens (tertiary/aromatic N) is 2. The van der Waals surface area contributed by atoms with E-state index in [1.807, 2.05) is 25.1 Å². The van der Waals surface area contributed by atoms with Crippen LogP contribution in [0.3, 0.4) is 0 Å². The van der Waals surface area contributed by atoms with E-state index in [0.717, 1.165) is 15.6 Å². The van der Waals surface area contributed by atoms with Gasteiger partial charge in [-0.15, -0.1) is 0 Å². The smallest absolute Gasteiger partial charge is 0.273 e. The van der Waals surface area contributed by atoms with E-state index in [4.69, 9.17) is 9.47 Å². The van der Waals surface area contributed by atoms with Gasteiger partial charge in [0.05, 0.1) is 27.0 Å². The van der Waals surface area contributed by atoms with Gasteiger partial charge in [0.25, 0.3) is 11.5 Å². The average Bonchev–Trinajstić information content (AvgIpc) is 3.12. The van der Waals surface area contributed by atoms with Gasteiger partial charge in [-0.2, -0.15) is 5.10 Å². The summed E-state index contributed by atoms with van der Waals surface area (Å²) >= 11 is 3.40. The van der Waals surface area contributed by atoms with Crippen molar-refractivity contribution in [2.75, 3.05) is 19.5 Å². The number of hydrogen-bond donors (Lipinski definition) is 2. The van der Waals surface area contributed by atoms with E-state index in [0.29, 0.717) is 34.6 Å². The number of methoxy groups -OCH3 is 2. The number of ether oxygens (including phenoxy) is 2. The first-order valence-corrected chi connectivity index (χ1v) is 10.6. The summed E-state index contributed by atoms with van der Waals surface area (Å²) in [5.41, 5.74) is 1.56. The quantitative estimate of drug-likeness (QED) is 0.418. The van der Waals surface area contributed by atoms with Crippen LogP contribution in [0.4, 0.5) is 5.82 Å². The Morgan fingerprint density at radius 2 is 1.91 bits per heavy atom. The molecule has 2 aromatic carbocycles. The summed E-state index contributed by atoms with van der Waals surface area (Å²) in [4.78, 5) is 28.0. The van der Waals surface area contributed by atoms with Crippen molar-refractivity contribution in [2.45, 2.75) is 13.5 Å². The van der Waals surface area contributed by atoms with Crippen LogP contribution in [0.5, 0.6) is 11.5 Å². The zero-order valence-electron chi connectivity index (χ0n) is 17.7. The standard InChI is InChI=1S/C23H21BrN4O4/c1-13-11-25-28(12-14-4-7-19(31-2)20(8-14)32-3)21(13)27-23(30)18-10-15-9-16(24)5-6-17(15)22(29)26-18/h4-11H,12H2,1-3H3,(H,26,29)(H,27,30). The molecule has 0 spiro atoms. The molecule has 2 heterocycles. The van der Waals surface area contributed by atoms with E-state index in [1.165, 1.54) is 0 Å². The van der Waals surface area contributed by atoms with E-state index in [2.05, 4.69) is 31.3 Å². The fourth-order valence-corrected chi connectivity index (χ4v) is 3.83. The number of H-pyrrole nitrogens is 1. The van der Waals surface area contributed by atoms with Crippen molar-refractivity contribution in [3.05, 3.63) is 80.3 Å². The molecule has 0 aliphatic heterocycles. The maximum Gasteiger partial charge on any atom is 0.273 e. The number of carbonyl (C=O) groups is 1. The van der Waals surface area contributed by atoms with Crippen LogP contribution in [0.25, 0.3) is 10.8 Å². The van der Waals surface area contributed by atoms with Crippen LogP contribution in [0.2, 0.25) is 0 Å². The van der Waals surface area contributed by atoms with E-state index < -0.39 is 5.91 Å². The molecule has 9 heteroatoms. The molecular weight excluding hydrogens is 476 g/mol. The Morgan fingerprint density at radius 3 is 2.66 bits per heavy atom. The molecule has 0 saturated carbocycles. The minimum Gasteiger partial charge on any atom is -0.493 e. The molecule has 0 fully saturated rings. The predicted molar refractivity (Wildman–Crippen MR) is 126 cm³/mol. The Hall–Kier alpha value is -3.59. The van der Waals surface area contributed by atoms with Crippen molar-refractivity contribution < 1.29 is 14.3 Å². The molecule has 0 aliphatic carbocycles. The second-order valence-corrected chi connectivity index (χ2v) is 8.14. The minimum atomic E-state index is -0.430. The Balaban J connectivity index is 1.62. The lowest BCUT2D eigenvalue weighted by molar-refractivity contribution is 0.102. The summed E-state index contributed by atoms with van der Waals surface area (Å²) in [5.74, 6) is 1.36. The number of benzene rings is 2. The lowest BCUT2D eigenvalue weighted by Crippen LogP contribution is -2.21. The Bertz CT molecular complexity index is 1380.